The molecule has 3 heteroatoms. The minimum atomic E-state index is 0.781. The lowest BCUT2D eigenvalue weighted by atomic mass is 10.0. The summed E-state index contributed by atoms with van der Waals surface area (Å²) in [4.78, 5) is 0. The molecule has 1 aromatic carbocycles. The van der Waals surface area contributed by atoms with Gasteiger partial charge in [0, 0.05) is 18.8 Å². The number of fused-ring (bicyclic) bond motifs is 1. The van der Waals surface area contributed by atoms with Gasteiger partial charge in [-0.3, -0.25) is 0 Å². The van der Waals surface area contributed by atoms with Crippen LogP contribution >= 0.6 is 0 Å². The lowest BCUT2D eigenvalue weighted by Crippen LogP contribution is -2.15. The van der Waals surface area contributed by atoms with Crippen LogP contribution in [-0.4, -0.2) is 6.54 Å². The van der Waals surface area contributed by atoms with Gasteiger partial charge in [-0.15, -0.1) is 0 Å². The Balaban J connectivity index is 1.58. The van der Waals surface area contributed by atoms with Gasteiger partial charge >= 0.3 is 0 Å². The summed E-state index contributed by atoms with van der Waals surface area (Å²) in [5, 5.41) is 6.86. The topological polar surface area (TPSA) is 37.2 Å². The normalized spacial score (nSPS) is 13.9. The summed E-state index contributed by atoms with van der Waals surface area (Å²) in [6.45, 7) is 4.73. The molecular weight excluding hydrogens is 236 g/mol. The Morgan fingerprint density at radius 2 is 2.16 bits per heavy atom. The summed E-state index contributed by atoms with van der Waals surface area (Å²) in [7, 11) is 0. The second-order valence-corrected chi connectivity index (χ2v) is 5.14. The van der Waals surface area contributed by atoms with E-state index >= 15 is 0 Å². The van der Waals surface area contributed by atoms with Crippen molar-refractivity contribution >= 4 is 5.69 Å². The standard InChI is InChI=1S/C16H20N2O/c1-12-4-6-15(19-12)11-17-10-13-5-7-16-14(9-13)3-2-8-18-16/h4-7,9,17-18H,2-3,8,10-11H2,1H3. The van der Waals surface area contributed by atoms with Crippen molar-refractivity contribution in [1.29, 1.82) is 0 Å². The minimum Gasteiger partial charge on any atom is -0.465 e. The number of rotatable bonds is 4. The van der Waals surface area contributed by atoms with E-state index in [0.29, 0.717) is 0 Å². The van der Waals surface area contributed by atoms with Crippen LogP contribution < -0.4 is 10.6 Å². The third-order valence-corrected chi connectivity index (χ3v) is 3.53. The van der Waals surface area contributed by atoms with Crippen LogP contribution in [0.4, 0.5) is 5.69 Å². The molecule has 0 radical (unpaired) electrons. The zero-order valence-electron chi connectivity index (χ0n) is 11.3. The van der Waals surface area contributed by atoms with E-state index in [4.69, 9.17) is 4.42 Å². The van der Waals surface area contributed by atoms with E-state index in [1.807, 2.05) is 19.1 Å². The molecule has 1 aliphatic rings. The van der Waals surface area contributed by atoms with E-state index < -0.39 is 0 Å². The van der Waals surface area contributed by atoms with Crippen molar-refractivity contribution in [1.82, 2.24) is 5.32 Å². The first-order valence-corrected chi connectivity index (χ1v) is 6.93. The summed E-state index contributed by atoms with van der Waals surface area (Å²) in [6, 6.07) is 10.7. The Morgan fingerprint density at radius 1 is 1.21 bits per heavy atom. The van der Waals surface area contributed by atoms with Gasteiger partial charge in [0.1, 0.15) is 11.5 Å². The van der Waals surface area contributed by atoms with E-state index in [1.54, 1.807) is 0 Å². The van der Waals surface area contributed by atoms with Gasteiger partial charge in [-0.1, -0.05) is 12.1 Å². The number of anilines is 1. The third-order valence-electron chi connectivity index (χ3n) is 3.53. The molecule has 3 rings (SSSR count). The van der Waals surface area contributed by atoms with Crippen molar-refractivity contribution in [3.05, 3.63) is 53.0 Å². The maximum Gasteiger partial charge on any atom is 0.117 e. The van der Waals surface area contributed by atoms with Crippen LogP contribution in [-0.2, 0) is 19.5 Å². The second kappa shape index (κ2) is 5.49. The van der Waals surface area contributed by atoms with E-state index in [0.717, 1.165) is 31.2 Å². The quantitative estimate of drug-likeness (QED) is 0.882. The zero-order chi connectivity index (χ0) is 13.1. The van der Waals surface area contributed by atoms with Gasteiger partial charge in [0.25, 0.3) is 0 Å². The van der Waals surface area contributed by atoms with Crippen molar-refractivity contribution in [3.8, 4) is 0 Å². The molecule has 0 atom stereocenters. The van der Waals surface area contributed by atoms with Crippen LogP contribution in [0.5, 0.6) is 0 Å². The molecule has 2 heterocycles. The molecule has 1 aliphatic heterocycles. The molecule has 0 saturated carbocycles. The van der Waals surface area contributed by atoms with Crippen LogP contribution in [0.1, 0.15) is 29.1 Å². The highest BCUT2D eigenvalue weighted by Crippen LogP contribution is 2.22. The summed E-state index contributed by atoms with van der Waals surface area (Å²) < 4.78 is 5.54. The van der Waals surface area contributed by atoms with E-state index in [1.165, 1.54) is 29.7 Å². The fraction of sp³-hybridized carbons (Fsp3) is 0.375. The van der Waals surface area contributed by atoms with Crippen LogP contribution in [0.3, 0.4) is 0 Å². The van der Waals surface area contributed by atoms with Crippen LogP contribution in [0, 0.1) is 6.92 Å². The lowest BCUT2D eigenvalue weighted by molar-refractivity contribution is 0.461. The third kappa shape index (κ3) is 2.99. The van der Waals surface area contributed by atoms with Gasteiger partial charge < -0.3 is 15.1 Å². The zero-order valence-corrected chi connectivity index (χ0v) is 11.3. The predicted molar refractivity (Wildman–Crippen MR) is 77.2 cm³/mol. The molecule has 0 spiro atoms. The molecule has 100 valence electrons. The van der Waals surface area contributed by atoms with Crippen molar-refractivity contribution < 1.29 is 4.42 Å². The van der Waals surface area contributed by atoms with Gasteiger partial charge in [-0.25, -0.2) is 0 Å². The molecule has 0 unspecified atom stereocenters. The Labute approximate surface area is 114 Å². The first-order valence-electron chi connectivity index (χ1n) is 6.93. The molecule has 3 nitrogen and oxygen atoms in total. The number of furan rings is 1. The number of hydrogen-bond acceptors (Lipinski definition) is 3. The highest BCUT2D eigenvalue weighted by molar-refractivity contribution is 5.54. The summed E-state index contributed by atoms with van der Waals surface area (Å²) in [6.07, 6.45) is 2.42. The largest absolute Gasteiger partial charge is 0.465 e. The Bertz CT molecular complexity index is 560. The first kappa shape index (κ1) is 12.3. The Kier molecular flexibility index (Phi) is 3.56. The van der Waals surface area contributed by atoms with Crippen molar-refractivity contribution in [2.75, 3.05) is 11.9 Å². The molecule has 2 aromatic rings. The minimum absolute atomic E-state index is 0.781. The SMILES string of the molecule is Cc1ccc(CNCc2ccc3c(c2)CCCN3)o1. The molecular formula is C16H20N2O. The predicted octanol–water partition coefficient (Wildman–Crippen LogP) is 3.24. The number of aryl methyl sites for hydroxylation is 2. The molecule has 0 saturated heterocycles. The van der Waals surface area contributed by atoms with Crippen molar-refractivity contribution in [2.24, 2.45) is 0 Å². The fourth-order valence-electron chi connectivity index (χ4n) is 2.55. The van der Waals surface area contributed by atoms with Gasteiger partial charge in [-0.05, 0) is 49.1 Å². The van der Waals surface area contributed by atoms with Gasteiger partial charge in [0.05, 0.1) is 6.54 Å². The Morgan fingerprint density at radius 3 is 3.00 bits per heavy atom. The molecule has 0 aliphatic carbocycles. The van der Waals surface area contributed by atoms with Crippen LogP contribution in [0.15, 0.2) is 34.7 Å². The first-order chi connectivity index (χ1) is 9.31. The van der Waals surface area contributed by atoms with E-state index in [-0.39, 0.29) is 0 Å². The summed E-state index contributed by atoms with van der Waals surface area (Å²) in [5.41, 5.74) is 4.08. The molecule has 2 N–H and O–H groups in total. The number of hydrogen-bond donors (Lipinski definition) is 2. The van der Waals surface area contributed by atoms with Crippen LogP contribution in [0.2, 0.25) is 0 Å². The summed E-state index contributed by atoms with van der Waals surface area (Å²) in [5.74, 6) is 1.97. The monoisotopic (exact) mass is 256 g/mol. The van der Waals surface area contributed by atoms with Crippen LogP contribution in [0.25, 0.3) is 0 Å². The lowest BCUT2D eigenvalue weighted by Gasteiger charge is -2.18. The fourth-order valence-corrected chi connectivity index (χ4v) is 2.55. The van der Waals surface area contributed by atoms with Gasteiger partial charge in [0.2, 0.25) is 0 Å². The van der Waals surface area contributed by atoms with E-state index in [2.05, 4.69) is 28.8 Å². The van der Waals surface area contributed by atoms with Gasteiger partial charge in [0.15, 0.2) is 0 Å². The highest BCUT2D eigenvalue weighted by Gasteiger charge is 2.08. The van der Waals surface area contributed by atoms with Crippen molar-refractivity contribution in [3.63, 3.8) is 0 Å². The average Bonchev–Trinajstić information content (AvgIpc) is 2.84. The molecule has 0 bridgehead atoms. The molecule has 1 aromatic heterocycles. The number of benzene rings is 1. The second-order valence-electron chi connectivity index (χ2n) is 5.14. The number of nitrogens with one attached hydrogen (secondary N) is 2. The Hall–Kier alpha value is -1.74. The molecule has 19 heavy (non-hydrogen) atoms. The average molecular weight is 256 g/mol. The van der Waals surface area contributed by atoms with E-state index in [9.17, 15) is 0 Å². The smallest absolute Gasteiger partial charge is 0.117 e. The van der Waals surface area contributed by atoms with Gasteiger partial charge in [-0.2, -0.15) is 0 Å². The molecule has 0 amide bonds. The van der Waals surface area contributed by atoms with Crippen molar-refractivity contribution in [2.45, 2.75) is 32.9 Å². The molecule has 0 fully saturated rings. The maximum absolute atomic E-state index is 5.54. The summed E-state index contributed by atoms with van der Waals surface area (Å²) >= 11 is 0. The maximum atomic E-state index is 5.54. The highest BCUT2D eigenvalue weighted by atomic mass is 16.3.